The lowest BCUT2D eigenvalue weighted by Crippen LogP contribution is -2.29. The third-order valence-electron chi connectivity index (χ3n) is 2.59. The van der Waals surface area contributed by atoms with Crippen molar-refractivity contribution in [3.8, 4) is 0 Å². The molecule has 3 heteroatoms. The van der Waals surface area contributed by atoms with Gasteiger partial charge >= 0.3 is 0 Å². The lowest BCUT2D eigenvalue weighted by atomic mass is 10.00. The number of carbonyl (C=O) groups excluding carboxylic acids is 2. The van der Waals surface area contributed by atoms with Gasteiger partial charge in [-0.3, -0.25) is 9.59 Å². The van der Waals surface area contributed by atoms with Crippen molar-refractivity contribution in [2.75, 3.05) is 0 Å². The molecule has 0 bridgehead atoms. The SMILES string of the molecule is CC(=O)C(=O)NCc1c(C)cc(C)cc1C. The third kappa shape index (κ3) is 2.92. The normalized spacial score (nSPS) is 10.0. The molecule has 0 fully saturated rings. The van der Waals surface area contributed by atoms with Crippen LogP contribution in [0.5, 0.6) is 0 Å². The maximum atomic E-state index is 11.1. The molecule has 0 saturated heterocycles. The van der Waals surface area contributed by atoms with Gasteiger partial charge in [-0.05, 0) is 37.5 Å². The number of nitrogens with one attached hydrogen (secondary N) is 1. The van der Waals surface area contributed by atoms with Crippen molar-refractivity contribution in [2.45, 2.75) is 34.2 Å². The molecule has 0 atom stereocenters. The molecule has 0 heterocycles. The van der Waals surface area contributed by atoms with Crippen molar-refractivity contribution in [1.82, 2.24) is 5.32 Å². The van der Waals surface area contributed by atoms with Gasteiger partial charge in [0.05, 0.1) is 0 Å². The van der Waals surface area contributed by atoms with Crippen LogP contribution in [0.15, 0.2) is 12.1 Å². The Balaban J connectivity index is 2.82. The summed E-state index contributed by atoms with van der Waals surface area (Å²) in [6.45, 7) is 7.74. The van der Waals surface area contributed by atoms with E-state index >= 15 is 0 Å². The van der Waals surface area contributed by atoms with Crippen molar-refractivity contribution >= 4 is 11.7 Å². The van der Waals surface area contributed by atoms with E-state index in [9.17, 15) is 9.59 Å². The van der Waals surface area contributed by atoms with Gasteiger partial charge in [-0.2, -0.15) is 0 Å². The minimum atomic E-state index is -0.528. The molecule has 0 saturated carbocycles. The Hall–Kier alpha value is -1.64. The molecule has 0 unspecified atom stereocenters. The summed E-state index contributed by atoms with van der Waals surface area (Å²) in [5.41, 5.74) is 4.57. The highest BCUT2D eigenvalue weighted by molar-refractivity contribution is 6.35. The van der Waals surface area contributed by atoms with E-state index in [1.54, 1.807) is 0 Å². The number of Topliss-reactive ketones (excluding diaryl/α,β-unsaturated/α-hetero) is 1. The highest BCUT2D eigenvalue weighted by Gasteiger charge is 2.09. The Kier molecular flexibility index (Phi) is 3.82. The molecule has 0 aliphatic heterocycles. The third-order valence-corrected chi connectivity index (χ3v) is 2.59. The van der Waals surface area contributed by atoms with Crippen LogP contribution in [0.25, 0.3) is 0 Å². The van der Waals surface area contributed by atoms with Crippen LogP contribution >= 0.6 is 0 Å². The quantitative estimate of drug-likeness (QED) is 0.788. The van der Waals surface area contributed by atoms with Gasteiger partial charge in [0, 0.05) is 13.5 Å². The molecule has 0 aliphatic carbocycles. The molecule has 1 amide bonds. The molecule has 86 valence electrons. The standard InChI is InChI=1S/C13H17NO2/c1-8-5-9(2)12(10(3)6-8)7-14-13(16)11(4)15/h5-6H,7H2,1-4H3,(H,14,16). The molecule has 1 N–H and O–H groups in total. The second-order valence-electron chi connectivity index (χ2n) is 4.12. The predicted molar refractivity (Wildman–Crippen MR) is 63.2 cm³/mol. The van der Waals surface area contributed by atoms with Gasteiger partial charge in [0.2, 0.25) is 5.78 Å². The lowest BCUT2D eigenvalue weighted by Gasteiger charge is -2.11. The van der Waals surface area contributed by atoms with Gasteiger partial charge in [0.1, 0.15) is 0 Å². The van der Waals surface area contributed by atoms with Crippen LogP contribution in [-0.2, 0) is 16.1 Å². The highest BCUT2D eigenvalue weighted by atomic mass is 16.2. The van der Waals surface area contributed by atoms with E-state index in [1.165, 1.54) is 12.5 Å². The number of carbonyl (C=O) groups is 2. The number of benzene rings is 1. The molecule has 0 spiro atoms. The first-order chi connectivity index (χ1) is 7.41. The fourth-order valence-corrected chi connectivity index (χ4v) is 1.78. The first kappa shape index (κ1) is 12.4. The van der Waals surface area contributed by atoms with Crippen LogP contribution in [0.1, 0.15) is 29.2 Å². The van der Waals surface area contributed by atoms with E-state index in [0.717, 1.165) is 16.7 Å². The van der Waals surface area contributed by atoms with E-state index in [1.807, 2.05) is 20.8 Å². The highest BCUT2D eigenvalue weighted by Crippen LogP contribution is 2.15. The number of ketones is 1. The number of hydrogen-bond donors (Lipinski definition) is 1. The maximum Gasteiger partial charge on any atom is 0.287 e. The predicted octanol–water partition coefficient (Wildman–Crippen LogP) is 1.82. The molecule has 16 heavy (non-hydrogen) atoms. The lowest BCUT2D eigenvalue weighted by molar-refractivity contribution is -0.136. The average molecular weight is 219 g/mol. The van der Waals surface area contributed by atoms with Crippen molar-refractivity contribution in [1.29, 1.82) is 0 Å². The Morgan fingerprint density at radius 1 is 1.12 bits per heavy atom. The number of amides is 1. The van der Waals surface area contributed by atoms with E-state index in [0.29, 0.717) is 6.54 Å². The van der Waals surface area contributed by atoms with Crippen LogP contribution in [0.3, 0.4) is 0 Å². The Morgan fingerprint density at radius 3 is 2.06 bits per heavy atom. The van der Waals surface area contributed by atoms with Crippen molar-refractivity contribution < 1.29 is 9.59 Å². The average Bonchev–Trinajstić information content (AvgIpc) is 2.15. The molecule has 0 radical (unpaired) electrons. The van der Waals surface area contributed by atoms with Gasteiger partial charge < -0.3 is 5.32 Å². The van der Waals surface area contributed by atoms with Gasteiger partial charge in [0.25, 0.3) is 5.91 Å². The van der Waals surface area contributed by atoms with E-state index in [4.69, 9.17) is 0 Å². The van der Waals surface area contributed by atoms with E-state index in [2.05, 4.69) is 17.4 Å². The first-order valence-corrected chi connectivity index (χ1v) is 5.27. The van der Waals surface area contributed by atoms with Crippen LogP contribution in [0.4, 0.5) is 0 Å². The van der Waals surface area contributed by atoms with Crippen molar-refractivity contribution in [2.24, 2.45) is 0 Å². The van der Waals surface area contributed by atoms with Crippen LogP contribution < -0.4 is 5.32 Å². The maximum absolute atomic E-state index is 11.1. The van der Waals surface area contributed by atoms with Crippen LogP contribution in [0, 0.1) is 20.8 Å². The summed E-state index contributed by atoms with van der Waals surface area (Å²) >= 11 is 0. The summed E-state index contributed by atoms with van der Waals surface area (Å²) < 4.78 is 0. The number of aryl methyl sites for hydroxylation is 3. The molecule has 3 nitrogen and oxygen atoms in total. The minimum absolute atomic E-state index is 0.413. The van der Waals surface area contributed by atoms with Crippen LogP contribution in [-0.4, -0.2) is 11.7 Å². The Labute approximate surface area is 95.9 Å². The van der Waals surface area contributed by atoms with Crippen molar-refractivity contribution in [3.05, 3.63) is 34.4 Å². The zero-order valence-electron chi connectivity index (χ0n) is 10.2. The summed E-state index contributed by atoms with van der Waals surface area (Å²) in [7, 11) is 0. The van der Waals surface area contributed by atoms with Gasteiger partial charge in [-0.1, -0.05) is 17.7 Å². The van der Waals surface area contributed by atoms with Crippen LogP contribution in [0.2, 0.25) is 0 Å². The molecule has 1 aromatic rings. The molecule has 0 aromatic heterocycles. The number of rotatable bonds is 3. The van der Waals surface area contributed by atoms with E-state index in [-0.39, 0.29) is 0 Å². The zero-order chi connectivity index (χ0) is 12.3. The molecular weight excluding hydrogens is 202 g/mol. The van der Waals surface area contributed by atoms with E-state index < -0.39 is 11.7 Å². The number of hydrogen-bond acceptors (Lipinski definition) is 2. The van der Waals surface area contributed by atoms with Gasteiger partial charge in [0.15, 0.2) is 0 Å². The smallest absolute Gasteiger partial charge is 0.287 e. The molecule has 1 aromatic carbocycles. The minimum Gasteiger partial charge on any atom is -0.345 e. The Morgan fingerprint density at radius 2 is 1.62 bits per heavy atom. The largest absolute Gasteiger partial charge is 0.345 e. The molecular formula is C13H17NO2. The molecule has 0 aliphatic rings. The Bertz CT molecular complexity index is 413. The van der Waals surface area contributed by atoms with Crippen molar-refractivity contribution in [3.63, 3.8) is 0 Å². The summed E-state index contributed by atoms with van der Waals surface area (Å²) in [5, 5.41) is 2.61. The summed E-state index contributed by atoms with van der Waals surface area (Å²) in [6.07, 6.45) is 0. The summed E-state index contributed by atoms with van der Waals surface area (Å²) in [5.74, 6) is -0.984. The van der Waals surface area contributed by atoms with Gasteiger partial charge in [-0.15, -0.1) is 0 Å². The monoisotopic (exact) mass is 219 g/mol. The second-order valence-corrected chi connectivity index (χ2v) is 4.12. The fourth-order valence-electron chi connectivity index (χ4n) is 1.78. The second kappa shape index (κ2) is 4.92. The van der Waals surface area contributed by atoms with Gasteiger partial charge in [-0.25, -0.2) is 0 Å². The summed E-state index contributed by atoms with van der Waals surface area (Å²) in [6, 6.07) is 4.14. The first-order valence-electron chi connectivity index (χ1n) is 5.27. The zero-order valence-corrected chi connectivity index (χ0v) is 10.2. The fraction of sp³-hybridized carbons (Fsp3) is 0.385. The summed E-state index contributed by atoms with van der Waals surface area (Å²) in [4.78, 5) is 21.9. The molecule has 1 rings (SSSR count). The topological polar surface area (TPSA) is 46.2 Å².